The fourth-order valence-electron chi connectivity index (χ4n) is 1.69. The third-order valence-corrected chi connectivity index (χ3v) is 2.74. The minimum atomic E-state index is -0.280. The summed E-state index contributed by atoms with van der Waals surface area (Å²) in [6.07, 6.45) is 2.04. The summed E-state index contributed by atoms with van der Waals surface area (Å²) in [5, 5.41) is 2.86. The van der Waals surface area contributed by atoms with Crippen molar-refractivity contribution in [2.24, 2.45) is 0 Å². The lowest BCUT2D eigenvalue weighted by Crippen LogP contribution is -2.37. The van der Waals surface area contributed by atoms with Gasteiger partial charge in [0.15, 0.2) is 0 Å². The summed E-state index contributed by atoms with van der Waals surface area (Å²) >= 11 is 0. The molecule has 1 aromatic carbocycles. The molecule has 0 spiro atoms. The second kappa shape index (κ2) is 7.69. The maximum Gasteiger partial charge on any atom is 0.239 e. The number of hydrogen-bond acceptors (Lipinski definition) is 2. The monoisotopic (exact) mass is 252 g/mol. The number of benzene rings is 1. The van der Waals surface area contributed by atoms with E-state index in [2.05, 4.69) is 12.2 Å². The first kappa shape index (κ1) is 14.5. The molecule has 3 nitrogen and oxygen atoms in total. The Labute approximate surface area is 108 Å². The molecule has 0 radical (unpaired) electrons. The molecule has 0 aliphatic carbocycles. The minimum absolute atomic E-state index is 0.0189. The van der Waals surface area contributed by atoms with Gasteiger partial charge < -0.3 is 10.2 Å². The van der Waals surface area contributed by atoms with Crippen molar-refractivity contribution in [1.29, 1.82) is 0 Å². The number of unbranched alkanes of at least 4 members (excludes halogenated alkanes) is 1. The van der Waals surface area contributed by atoms with Crippen LogP contribution in [0.3, 0.4) is 0 Å². The molecular weight excluding hydrogens is 231 g/mol. The molecule has 0 fully saturated rings. The summed E-state index contributed by atoms with van der Waals surface area (Å²) in [4.78, 5) is 13.6. The zero-order chi connectivity index (χ0) is 13.4. The van der Waals surface area contributed by atoms with E-state index in [1.807, 2.05) is 17.9 Å². The molecule has 4 heteroatoms. The highest BCUT2D eigenvalue weighted by Gasteiger charge is 2.09. The van der Waals surface area contributed by atoms with E-state index in [9.17, 15) is 9.18 Å². The third kappa shape index (κ3) is 4.73. The Morgan fingerprint density at radius 2 is 2.17 bits per heavy atom. The summed E-state index contributed by atoms with van der Waals surface area (Å²) in [7, 11) is 0. The number of carbonyl (C=O) groups excluding carboxylic acids is 1. The summed E-state index contributed by atoms with van der Waals surface area (Å²) in [6.45, 7) is 5.67. The van der Waals surface area contributed by atoms with Crippen LogP contribution in [0.2, 0.25) is 0 Å². The standard InChI is InChI=1S/C14H21FN2O/c1-3-5-9-16-14(18)11-17(4-2)13-8-6-7-12(15)10-13/h6-8,10H,3-5,9,11H2,1-2H3,(H,16,18). The molecule has 0 heterocycles. The highest BCUT2D eigenvalue weighted by molar-refractivity contribution is 5.81. The lowest BCUT2D eigenvalue weighted by molar-refractivity contribution is -0.119. The molecule has 18 heavy (non-hydrogen) atoms. The summed E-state index contributed by atoms with van der Waals surface area (Å²) in [5.41, 5.74) is 0.739. The van der Waals surface area contributed by atoms with Crippen LogP contribution in [0.4, 0.5) is 10.1 Å². The Morgan fingerprint density at radius 1 is 1.39 bits per heavy atom. The number of anilines is 1. The normalized spacial score (nSPS) is 10.2. The van der Waals surface area contributed by atoms with Crippen molar-refractivity contribution in [2.75, 3.05) is 24.5 Å². The maximum absolute atomic E-state index is 13.1. The van der Waals surface area contributed by atoms with Gasteiger partial charge in [-0.2, -0.15) is 0 Å². The van der Waals surface area contributed by atoms with Gasteiger partial charge in [0.05, 0.1) is 6.54 Å². The van der Waals surface area contributed by atoms with Crippen LogP contribution in [0.25, 0.3) is 0 Å². The number of rotatable bonds is 7. The molecular formula is C14H21FN2O. The van der Waals surface area contributed by atoms with Crippen LogP contribution in [-0.4, -0.2) is 25.5 Å². The Morgan fingerprint density at radius 3 is 2.78 bits per heavy atom. The molecule has 1 aromatic rings. The molecule has 0 saturated heterocycles. The van der Waals surface area contributed by atoms with Gasteiger partial charge in [-0.3, -0.25) is 4.79 Å². The largest absolute Gasteiger partial charge is 0.362 e. The van der Waals surface area contributed by atoms with E-state index in [0.29, 0.717) is 13.1 Å². The van der Waals surface area contributed by atoms with Crippen LogP contribution in [0.5, 0.6) is 0 Å². The molecule has 0 saturated carbocycles. The average molecular weight is 252 g/mol. The number of likely N-dealkylation sites (N-methyl/N-ethyl adjacent to an activating group) is 1. The first-order chi connectivity index (χ1) is 8.67. The number of hydrogen-bond donors (Lipinski definition) is 1. The quantitative estimate of drug-likeness (QED) is 0.756. The van der Waals surface area contributed by atoms with Gasteiger partial charge in [0, 0.05) is 18.8 Å². The fraction of sp³-hybridized carbons (Fsp3) is 0.500. The highest BCUT2D eigenvalue weighted by Crippen LogP contribution is 2.14. The predicted octanol–water partition coefficient (Wildman–Crippen LogP) is 2.57. The van der Waals surface area contributed by atoms with Crippen LogP contribution < -0.4 is 10.2 Å². The summed E-state index contributed by atoms with van der Waals surface area (Å²) < 4.78 is 13.1. The third-order valence-electron chi connectivity index (χ3n) is 2.74. The number of carbonyl (C=O) groups is 1. The van der Waals surface area contributed by atoms with Gasteiger partial charge in [-0.15, -0.1) is 0 Å². The second-order valence-electron chi connectivity index (χ2n) is 4.20. The topological polar surface area (TPSA) is 32.3 Å². The number of halogens is 1. The van der Waals surface area contributed by atoms with Crippen molar-refractivity contribution < 1.29 is 9.18 Å². The smallest absolute Gasteiger partial charge is 0.239 e. The van der Waals surface area contributed by atoms with Crippen LogP contribution in [0.1, 0.15) is 26.7 Å². The van der Waals surface area contributed by atoms with E-state index < -0.39 is 0 Å². The number of amides is 1. The van der Waals surface area contributed by atoms with Crippen molar-refractivity contribution in [3.05, 3.63) is 30.1 Å². The lowest BCUT2D eigenvalue weighted by atomic mass is 10.2. The number of nitrogens with one attached hydrogen (secondary N) is 1. The molecule has 100 valence electrons. The SMILES string of the molecule is CCCCNC(=O)CN(CC)c1cccc(F)c1. The molecule has 0 bridgehead atoms. The van der Waals surface area contributed by atoms with Crippen LogP contribution in [-0.2, 0) is 4.79 Å². The van der Waals surface area contributed by atoms with Gasteiger partial charge in [0.25, 0.3) is 0 Å². The minimum Gasteiger partial charge on any atom is -0.362 e. The first-order valence-corrected chi connectivity index (χ1v) is 6.44. The van der Waals surface area contributed by atoms with Crippen molar-refractivity contribution in [2.45, 2.75) is 26.7 Å². The molecule has 0 aliphatic rings. The van der Waals surface area contributed by atoms with E-state index in [-0.39, 0.29) is 18.3 Å². The van der Waals surface area contributed by atoms with Crippen molar-refractivity contribution >= 4 is 11.6 Å². The van der Waals surface area contributed by atoms with Gasteiger partial charge in [-0.25, -0.2) is 4.39 Å². The van der Waals surface area contributed by atoms with Gasteiger partial charge in [-0.05, 0) is 31.5 Å². The van der Waals surface area contributed by atoms with Crippen molar-refractivity contribution in [3.8, 4) is 0 Å². The van der Waals surface area contributed by atoms with Crippen LogP contribution in [0.15, 0.2) is 24.3 Å². The Balaban J connectivity index is 2.54. The summed E-state index contributed by atoms with van der Waals surface area (Å²) in [5.74, 6) is -0.299. The van der Waals surface area contributed by atoms with Crippen molar-refractivity contribution in [1.82, 2.24) is 5.32 Å². The second-order valence-corrected chi connectivity index (χ2v) is 4.20. The van der Waals surface area contributed by atoms with E-state index >= 15 is 0 Å². The Hall–Kier alpha value is -1.58. The van der Waals surface area contributed by atoms with E-state index in [4.69, 9.17) is 0 Å². The van der Waals surface area contributed by atoms with E-state index in [1.54, 1.807) is 6.07 Å². The average Bonchev–Trinajstić information content (AvgIpc) is 2.36. The van der Waals surface area contributed by atoms with E-state index in [1.165, 1.54) is 12.1 Å². The zero-order valence-corrected chi connectivity index (χ0v) is 11.1. The molecule has 1 amide bonds. The highest BCUT2D eigenvalue weighted by atomic mass is 19.1. The molecule has 1 N–H and O–H groups in total. The fourth-order valence-corrected chi connectivity index (χ4v) is 1.69. The lowest BCUT2D eigenvalue weighted by Gasteiger charge is -2.22. The van der Waals surface area contributed by atoms with Gasteiger partial charge in [-0.1, -0.05) is 19.4 Å². The molecule has 0 atom stereocenters. The number of nitrogens with zero attached hydrogens (tertiary/aromatic N) is 1. The molecule has 0 unspecified atom stereocenters. The molecule has 0 aromatic heterocycles. The molecule has 0 aliphatic heterocycles. The van der Waals surface area contributed by atoms with Gasteiger partial charge in [0.2, 0.25) is 5.91 Å². The first-order valence-electron chi connectivity index (χ1n) is 6.44. The Bertz CT molecular complexity index is 382. The maximum atomic E-state index is 13.1. The van der Waals surface area contributed by atoms with Gasteiger partial charge in [0.1, 0.15) is 5.82 Å². The Kier molecular flexibility index (Phi) is 6.19. The summed E-state index contributed by atoms with van der Waals surface area (Å²) in [6, 6.07) is 6.32. The predicted molar refractivity (Wildman–Crippen MR) is 72.2 cm³/mol. The molecule has 1 rings (SSSR count). The van der Waals surface area contributed by atoms with Gasteiger partial charge >= 0.3 is 0 Å². The van der Waals surface area contributed by atoms with Crippen LogP contribution >= 0.6 is 0 Å². The van der Waals surface area contributed by atoms with Crippen LogP contribution in [0, 0.1) is 5.82 Å². The van der Waals surface area contributed by atoms with Crippen molar-refractivity contribution in [3.63, 3.8) is 0 Å². The van der Waals surface area contributed by atoms with E-state index in [0.717, 1.165) is 18.5 Å². The zero-order valence-electron chi connectivity index (χ0n) is 11.1.